The molecule has 9 heteroatoms. The average molecular weight is 434 g/mol. The Labute approximate surface area is 140 Å². The molecule has 0 saturated carbocycles. The third-order valence-electron chi connectivity index (χ3n) is 2.87. The molecule has 2 aromatic carbocycles. The number of benzene rings is 2. The Balaban J connectivity index is 0.000000351. The number of aromatic hydroxyl groups is 1. The van der Waals surface area contributed by atoms with E-state index < -0.39 is 14.2 Å². The molecule has 24 heavy (non-hydrogen) atoms. The summed E-state index contributed by atoms with van der Waals surface area (Å²) in [5, 5.41) is 9.28. The van der Waals surface area contributed by atoms with Gasteiger partial charge in [-0.05, 0) is 36.8 Å². The second kappa shape index (κ2) is 6.56. The van der Waals surface area contributed by atoms with Gasteiger partial charge in [0.25, 0.3) is 0 Å². The number of hydrogen-bond donors (Lipinski definition) is 1. The molecule has 0 heterocycles. The first-order valence-corrected chi connectivity index (χ1v) is 12.7. The van der Waals surface area contributed by atoms with Gasteiger partial charge in [-0.15, -0.1) is 0 Å². The molecule has 0 aliphatic heterocycles. The molecule has 0 aliphatic carbocycles. The Morgan fingerprint density at radius 3 is 1.79 bits per heavy atom. The van der Waals surface area contributed by atoms with Crippen LogP contribution in [0.4, 0.5) is 20.8 Å². The van der Waals surface area contributed by atoms with Crippen LogP contribution in [0.1, 0.15) is 11.1 Å². The molecular formula is C15H17AsF6OS. The van der Waals surface area contributed by atoms with Gasteiger partial charge in [0.2, 0.25) is 0 Å². The number of aryl methyl sites for hydroxylation is 1. The normalized spacial score (nSPS) is 15.5. The van der Waals surface area contributed by atoms with Crippen molar-refractivity contribution in [3.63, 3.8) is 0 Å². The van der Waals surface area contributed by atoms with E-state index in [0.29, 0.717) is 5.75 Å². The summed E-state index contributed by atoms with van der Waals surface area (Å²) in [6.07, 6.45) is 2.25. The third kappa shape index (κ3) is 10.5. The Bertz CT molecular complexity index is 674. The first-order valence-electron chi connectivity index (χ1n) is 6.64. The summed E-state index contributed by atoms with van der Waals surface area (Å²) in [5.74, 6) is 1.40. The fraction of sp³-hybridized carbons (Fsp3) is 0.200. The maximum absolute atomic E-state index is 11.1. The summed E-state index contributed by atoms with van der Waals surface area (Å²) >= 11 is -11.1. The van der Waals surface area contributed by atoms with Crippen LogP contribution in [-0.4, -0.2) is 25.5 Å². The molecule has 2 aromatic rings. The van der Waals surface area contributed by atoms with Crippen molar-refractivity contribution in [1.29, 1.82) is 0 Å². The van der Waals surface area contributed by atoms with E-state index >= 15 is 0 Å². The van der Waals surface area contributed by atoms with Crippen LogP contribution in [0.5, 0.6) is 5.75 Å². The molecular weight excluding hydrogens is 417 g/mol. The fourth-order valence-corrected chi connectivity index (χ4v) is 3.32. The Morgan fingerprint density at radius 1 is 0.875 bits per heavy atom. The van der Waals surface area contributed by atoms with Crippen molar-refractivity contribution in [2.75, 3.05) is 6.26 Å². The van der Waals surface area contributed by atoms with Crippen molar-refractivity contribution in [3.8, 4) is 5.75 Å². The van der Waals surface area contributed by atoms with E-state index in [0.717, 1.165) is 5.75 Å². The van der Waals surface area contributed by atoms with Crippen LogP contribution in [0.25, 0.3) is 0 Å². The SMILES string of the molecule is Cc1ccccc1C[S+](C)c1ccc(O)cc1.F[As-](F)(F)(F)(F)F. The van der Waals surface area contributed by atoms with Gasteiger partial charge < -0.3 is 5.11 Å². The number of halogens is 6. The zero-order valence-corrected chi connectivity index (χ0v) is 15.6. The van der Waals surface area contributed by atoms with E-state index in [-0.39, 0.29) is 10.9 Å². The molecule has 0 aliphatic rings. The van der Waals surface area contributed by atoms with Crippen molar-refractivity contribution >= 4 is 25.1 Å². The van der Waals surface area contributed by atoms with Crippen LogP contribution >= 0.6 is 0 Å². The van der Waals surface area contributed by atoms with Gasteiger partial charge in [0.05, 0.1) is 0 Å². The number of phenols is 1. The van der Waals surface area contributed by atoms with Crippen LogP contribution in [0.2, 0.25) is 0 Å². The van der Waals surface area contributed by atoms with E-state index in [1.54, 1.807) is 12.1 Å². The second-order valence-electron chi connectivity index (χ2n) is 5.16. The number of hydrogen-bond acceptors (Lipinski definition) is 1. The van der Waals surface area contributed by atoms with E-state index in [2.05, 4.69) is 37.4 Å². The molecule has 1 unspecified atom stereocenters. The molecule has 0 fully saturated rings. The number of phenolic OH excluding ortho intramolecular Hbond substituents is 1. The molecule has 136 valence electrons. The summed E-state index contributed by atoms with van der Waals surface area (Å²) in [7, 11) is 0.186. The predicted molar refractivity (Wildman–Crippen MR) is 86.9 cm³/mol. The summed E-state index contributed by atoms with van der Waals surface area (Å²) in [6.45, 7) is 2.16. The van der Waals surface area contributed by atoms with Crippen LogP contribution in [0.15, 0.2) is 53.4 Å². The third-order valence-corrected chi connectivity index (χ3v) is 4.69. The Hall–Kier alpha value is -1.27. The minimum atomic E-state index is -11.1. The zero-order valence-electron chi connectivity index (χ0n) is 12.9. The maximum atomic E-state index is 9.91. The molecule has 0 saturated heterocycles. The summed E-state index contributed by atoms with van der Waals surface area (Å²) in [4.78, 5) is 1.30. The molecule has 0 spiro atoms. The first-order chi connectivity index (χ1) is 10.6. The monoisotopic (exact) mass is 434 g/mol. The fourth-order valence-electron chi connectivity index (χ4n) is 1.77. The van der Waals surface area contributed by atoms with E-state index in [1.807, 2.05) is 12.1 Å². The standard InChI is InChI=1S/C15H16OS.AsF6/c1-12-5-3-4-6-13(12)11-17(2)15-9-7-14(16)8-10-15;2-1(3,4,5,6)7/h3-10H,11H2,1-2H3;/q;-1/p+1. The minimum absolute atomic E-state index is 0.186. The van der Waals surface area contributed by atoms with E-state index in [4.69, 9.17) is 0 Å². The van der Waals surface area contributed by atoms with Crippen LogP contribution in [0.3, 0.4) is 0 Å². The van der Waals surface area contributed by atoms with Crippen molar-refractivity contribution in [2.45, 2.75) is 17.6 Å². The van der Waals surface area contributed by atoms with Gasteiger partial charge in [0.1, 0.15) is 17.8 Å². The van der Waals surface area contributed by atoms with Crippen molar-refractivity contribution < 1.29 is 25.9 Å². The summed E-state index contributed by atoms with van der Waals surface area (Å²) in [5.41, 5.74) is 2.76. The molecule has 1 atom stereocenters. The Kier molecular flexibility index (Phi) is 5.68. The van der Waals surface area contributed by atoms with Gasteiger partial charge in [0.15, 0.2) is 4.90 Å². The zero-order chi connectivity index (χ0) is 18.7. The predicted octanol–water partition coefficient (Wildman–Crippen LogP) is 5.65. The molecule has 0 amide bonds. The van der Waals surface area contributed by atoms with E-state index in [1.165, 1.54) is 16.0 Å². The van der Waals surface area contributed by atoms with Gasteiger partial charge in [-0.3, -0.25) is 0 Å². The molecule has 1 N–H and O–H groups in total. The average Bonchev–Trinajstić information content (AvgIpc) is 2.38. The van der Waals surface area contributed by atoms with Crippen LogP contribution in [0, 0.1) is 6.92 Å². The quantitative estimate of drug-likeness (QED) is 0.376. The van der Waals surface area contributed by atoms with Gasteiger partial charge in [0, 0.05) is 16.5 Å². The second-order valence-corrected chi connectivity index (χ2v) is 11.2. The van der Waals surface area contributed by atoms with Gasteiger partial charge in [-0.2, -0.15) is 0 Å². The molecule has 0 aromatic heterocycles. The molecule has 0 radical (unpaired) electrons. The number of rotatable bonds is 3. The van der Waals surface area contributed by atoms with Gasteiger partial charge >= 0.3 is 35.0 Å². The summed E-state index contributed by atoms with van der Waals surface area (Å²) < 4.78 is 59.4. The van der Waals surface area contributed by atoms with Gasteiger partial charge in [-0.1, -0.05) is 24.3 Å². The molecule has 2 rings (SSSR count). The van der Waals surface area contributed by atoms with E-state index in [9.17, 15) is 25.9 Å². The topological polar surface area (TPSA) is 20.2 Å². The Morgan fingerprint density at radius 2 is 1.33 bits per heavy atom. The van der Waals surface area contributed by atoms with Crippen molar-refractivity contribution in [1.82, 2.24) is 0 Å². The van der Waals surface area contributed by atoms with Crippen molar-refractivity contribution in [2.24, 2.45) is 0 Å². The summed E-state index contributed by atoms with van der Waals surface area (Å²) in [6, 6.07) is 16.1. The molecule has 0 bridgehead atoms. The van der Waals surface area contributed by atoms with Gasteiger partial charge in [-0.25, -0.2) is 0 Å². The molecule has 1 nitrogen and oxygen atoms in total. The van der Waals surface area contributed by atoms with Crippen LogP contribution < -0.4 is 0 Å². The first kappa shape index (κ1) is 20.8. The van der Waals surface area contributed by atoms with Crippen molar-refractivity contribution in [3.05, 3.63) is 59.7 Å². The van der Waals surface area contributed by atoms with Crippen LogP contribution in [-0.2, 0) is 16.6 Å².